The SMILES string of the molecule is Oc1c(Cl)cccc1CNC1C2CC3CC(C2)CC1C3. The van der Waals surface area contributed by atoms with Gasteiger partial charge in [-0.3, -0.25) is 0 Å². The van der Waals surface area contributed by atoms with Gasteiger partial charge in [-0.15, -0.1) is 0 Å². The second-order valence-electron chi connectivity index (χ2n) is 7.08. The van der Waals surface area contributed by atoms with E-state index in [0.717, 1.165) is 35.8 Å². The van der Waals surface area contributed by atoms with Crippen molar-refractivity contribution in [3.8, 4) is 5.75 Å². The van der Waals surface area contributed by atoms with E-state index in [4.69, 9.17) is 11.6 Å². The lowest BCUT2D eigenvalue weighted by atomic mass is 9.54. The van der Waals surface area contributed by atoms with Gasteiger partial charge in [0, 0.05) is 18.2 Å². The maximum absolute atomic E-state index is 10.0. The number of hydrogen-bond donors (Lipinski definition) is 2. The van der Waals surface area contributed by atoms with Crippen LogP contribution in [0.5, 0.6) is 5.75 Å². The minimum Gasteiger partial charge on any atom is -0.506 e. The van der Waals surface area contributed by atoms with Crippen LogP contribution in [0.25, 0.3) is 0 Å². The van der Waals surface area contributed by atoms with Crippen LogP contribution in [-0.4, -0.2) is 11.1 Å². The number of aromatic hydroxyl groups is 1. The Bertz CT molecular complexity index is 488. The van der Waals surface area contributed by atoms with Crippen LogP contribution < -0.4 is 5.32 Å². The number of nitrogens with one attached hydrogen (secondary N) is 1. The first-order chi connectivity index (χ1) is 9.70. The van der Waals surface area contributed by atoms with E-state index in [1.165, 1.54) is 32.1 Å². The molecule has 0 unspecified atom stereocenters. The fourth-order valence-corrected chi connectivity index (χ4v) is 5.38. The Balaban J connectivity index is 1.46. The van der Waals surface area contributed by atoms with E-state index < -0.39 is 0 Å². The van der Waals surface area contributed by atoms with E-state index in [1.807, 2.05) is 12.1 Å². The molecule has 0 spiro atoms. The molecule has 0 radical (unpaired) electrons. The molecule has 4 bridgehead atoms. The molecular formula is C17H22ClNO. The monoisotopic (exact) mass is 291 g/mol. The zero-order valence-corrected chi connectivity index (χ0v) is 12.4. The number of benzene rings is 1. The number of hydrogen-bond acceptors (Lipinski definition) is 2. The summed E-state index contributed by atoms with van der Waals surface area (Å²) in [6, 6.07) is 6.27. The third kappa shape index (κ3) is 2.14. The van der Waals surface area contributed by atoms with Crippen LogP contribution in [0.3, 0.4) is 0 Å². The van der Waals surface area contributed by atoms with Crippen molar-refractivity contribution >= 4 is 11.6 Å². The molecule has 4 saturated carbocycles. The Hall–Kier alpha value is -0.730. The van der Waals surface area contributed by atoms with Crippen molar-refractivity contribution < 1.29 is 5.11 Å². The molecule has 0 aliphatic heterocycles. The molecule has 0 atom stereocenters. The molecule has 4 aliphatic carbocycles. The van der Waals surface area contributed by atoms with Crippen LogP contribution in [0.4, 0.5) is 0 Å². The van der Waals surface area contributed by atoms with Crippen molar-refractivity contribution in [2.24, 2.45) is 23.7 Å². The number of phenolic OH excluding ortho intramolecular Hbond substituents is 1. The minimum atomic E-state index is 0.241. The summed E-state index contributed by atoms with van der Waals surface area (Å²) in [7, 11) is 0. The maximum atomic E-state index is 10.0. The van der Waals surface area contributed by atoms with Gasteiger partial charge < -0.3 is 10.4 Å². The number of phenols is 1. The lowest BCUT2D eigenvalue weighted by molar-refractivity contribution is -0.0143. The van der Waals surface area contributed by atoms with E-state index in [-0.39, 0.29) is 5.75 Å². The maximum Gasteiger partial charge on any atom is 0.138 e. The molecule has 0 saturated heterocycles. The predicted molar refractivity (Wildman–Crippen MR) is 80.8 cm³/mol. The molecule has 4 aliphatic rings. The summed E-state index contributed by atoms with van der Waals surface area (Å²) in [4.78, 5) is 0. The third-order valence-corrected chi connectivity index (χ3v) is 6.13. The van der Waals surface area contributed by atoms with E-state index in [1.54, 1.807) is 6.07 Å². The molecule has 3 heteroatoms. The van der Waals surface area contributed by atoms with E-state index in [2.05, 4.69) is 5.32 Å². The van der Waals surface area contributed by atoms with Crippen LogP contribution >= 0.6 is 11.6 Å². The van der Waals surface area contributed by atoms with Crippen molar-refractivity contribution in [1.82, 2.24) is 5.32 Å². The van der Waals surface area contributed by atoms with E-state index >= 15 is 0 Å². The second-order valence-corrected chi connectivity index (χ2v) is 7.49. The van der Waals surface area contributed by atoms with Crippen molar-refractivity contribution in [2.45, 2.75) is 44.7 Å². The Kier molecular flexibility index (Phi) is 3.19. The summed E-state index contributed by atoms with van der Waals surface area (Å²) in [5.74, 6) is 4.00. The molecule has 0 heterocycles. The molecule has 0 amide bonds. The summed E-state index contributed by atoms with van der Waals surface area (Å²) in [6.45, 7) is 0.736. The Morgan fingerprint density at radius 1 is 1.05 bits per heavy atom. The molecule has 5 rings (SSSR count). The first-order valence-electron chi connectivity index (χ1n) is 7.90. The van der Waals surface area contributed by atoms with E-state index in [9.17, 15) is 5.11 Å². The highest BCUT2D eigenvalue weighted by molar-refractivity contribution is 6.32. The quantitative estimate of drug-likeness (QED) is 0.883. The largest absolute Gasteiger partial charge is 0.506 e. The number of para-hydroxylation sites is 1. The van der Waals surface area contributed by atoms with Crippen LogP contribution in [0.1, 0.15) is 37.7 Å². The molecule has 1 aromatic carbocycles. The van der Waals surface area contributed by atoms with Crippen molar-refractivity contribution in [3.63, 3.8) is 0 Å². The Morgan fingerprint density at radius 3 is 2.35 bits per heavy atom. The van der Waals surface area contributed by atoms with Crippen LogP contribution in [-0.2, 0) is 6.54 Å². The van der Waals surface area contributed by atoms with Gasteiger partial charge in [0.05, 0.1) is 5.02 Å². The molecule has 1 aromatic rings. The summed E-state index contributed by atoms with van der Waals surface area (Å²) in [6.07, 6.45) is 7.19. The van der Waals surface area contributed by atoms with E-state index in [0.29, 0.717) is 11.1 Å². The molecule has 108 valence electrons. The van der Waals surface area contributed by atoms with Gasteiger partial charge in [0.1, 0.15) is 5.75 Å². The summed E-state index contributed by atoms with van der Waals surface area (Å²) < 4.78 is 0. The fraction of sp³-hybridized carbons (Fsp3) is 0.647. The summed E-state index contributed by atoms with van der Waals surface area (Å²) in [5, 5.41) is 14.2. The molecule has 0 aromatic heterocycles. The first-order valence-corrected chi connectivity index (χ1v) is 8.28. The zero-order chi connectivity index (χ0) is 13.7. The topological polar surface area (TPSA) is 32.3 Å². The van der Waals surface area contributed by atoms with Gasteiger partial charge in [-0.05, 0) is 61.8 Å². The van der Waals surface area contributed by atoms with Gasteiger partial charge >= 0.3 is 0 Å². The number of rotatable bonds is 3. The van der Waals surface area contributed by atoms with Gasteiger partial charge in [0.15, 0.2) is 0 Å². The zero-order valence-electron chi connectivity index (χ0n) is 11.7. The van der Waals surface area contributed by atoms with Gasteiger partial charge in [-0.2, -0.15) is 0 Å². The standard InChI is InChI=1S/C17H22ClNO/c18-15-3-1-2-12(17(15)20)9-19-16-13-5-10-4-11(7-13)8-14(16)6-10/h1-3,10-11,13-14,16,19-20H,4-9H2. The fourth-order valence-electron chi connectivity index (χ4n) is 5.19. The van der Waals surface area contributed by atoms with Gasteiger partial charge in [0.25, 0.3) is 0 Å². The van der Waals surface area contributed by atoms with Crippen LogP contribution in [0.2, 0.25) is 5.02 Å². The first kappa shape index (κ1) is 13.0. The molecule has 20 heavy (non-hydrogen) atoms. The molecule has 4 fully saturated rings. The average molecular weight is 292 g/mol. The van der Waals surface area contributed by atoms with Gasteiger partial charge in [-0.25, -0.2) is 0 Å². The third-order valence-electron chi connectivity index (χ3n) is 5.83. The van der Waals surface area contributed by atoms with Crippen LogP contribution in [0.15, 0.2) is 18.2 Å². The van der Waals surface area contributed by atoms with Gasteiger partial charge in [-0.1, -0.05) is 23.7 Å². The highest BCUT2D eigenvalue weighted by Crippen LogP contribution is 2.53. The second kappa shape index (κ2) is 4.92. The highest BCUT2D eigenvalue weighted by Gasteiger charge is 2.47. The van der Waals surface area contributed by atoms with Gasteiger partial charge in [0.2, 0.25) is 0 Å². The normalized spacial score (nSPS) is 38.4. The molecule has 2 nitrogen and oxygen atoms in total. The minimum absolute atomic E-state index is 0.241. The Labute approximate surface area is 125 Å². The van der Waals surface area contributed by atoms with Crippen LogP contribution in [0, 0.1) is 23.7 Å². The Morgan fingerprint density at radius 2 is 1.70 bits per heavy atom. The van der Waals surface area contributed by atoms with Crippen molar-refractivity contribution in [2.75, 3.05) is 0 Å². The summed E-state index contributed by atoms with van der Waals surface area (Å²) >= 11 is 5.98. The summed E-state index contributed by atoms with van der Waals surface area (Å²) in [5.41, 5.74) is 0.923. The lowest BCUT2D eigenvalue weighted by Gasteiger charge is -2.54. The van der Waals surface area contributed by atoms with Crippen molar-refractivity contribution in [3.05, 3.63) is 28.8 Å². The average Bonchev–Trinajstić information content (AvgIpc) is 2.41. The number of halogens is 1. The molecular weight excluding hydrogens is 270 g/mol. The predicted octanol–water partition coefficient (Wildman–Crippen LogP) is 3.96. The lowest BCUT2D eigenvalue weighted by Crippen LogP contribution is -2.54. The highest BCUT2D eigenvalue weighted by atomic mass is 35.5. The van der Waals surface area contributed by atoms with Crippen molar-refractivity contribution in [1.29, 1.82) is 0 Å². The smallest absolute Gasteiger partial charge is 0.138 e. The molecule has 2 N–H and O–H groups in total.